The van der Waals surface area contributed by atoms with Gasteiger partial charge < -0.3 is 9.47 Å². The predicted molar refractivity (Wildman–Crippen MR) is 62.4 cm³/mol. The van der Waals surface area contributed by atoms with Crippen molar-refractivity contribution < 1.29 is 10.8 Å². The van der Waals surface area contributed by atoms with Crippen LogP contribution in [0.25, 0.3) is 0 Å². The molecule has 2 aliphatic rings. The standard InChI is InChI=1S/C14H18O2/c1-2-14-9-13(15-10-14)12(16-14)8-11-6-4-3-5-7-11/h3-7,12-13H,2,8-10H2,1H3/t12-,13-,14+/m0/s1/i9D/t9?,12-,13-,14+. The Kier molecular flexibility index (Phi) is 2.22. The Hall–Kier alpha value is -0.860. The SMILES string of the molecule is [2H]C1[C@@H]2OC[C@]1(CC)O[C@H]2Cc1ccccc1. The first kappa shape index (κ1) is 9.20. The molecular weight excluding hydrogens is 200 g/mol. The van der Waals surface area contributed by atoms with Gasteiger partial charge in [0.15, 0.2) is 0 Å². The molecule has 0 N–H and O–H groups in total. The van der Waals surface area contributed by atoms with Crippen molar-refractivity contribution in [2.45, 2.75) is 44.0 Å². The average molecular weight is 219 g/mol. The van der Waals surface area contributed by atoms with Crippen LogP contribution in [0.3, 0.4) is 0 Å². The molecule has 1 unspecified atom stereocenters. The van der Waals surface area contributed by atoms with Crippen molar-refractivity contribution in [3.05, 3.63) is 35.9 Å². The van der Waals surface area contributed by atoms with Crippen LogP contribution in [0.5, 0.6) is 0 Å². The van der Waals surface area contributed by atoms with Gasteiger partial charge in [0.05, 0.1) is 24.4 Å². The zero-order valence-electron chi connectivity index (χ0n) is 10.6. The van der Waals surface area contributed by atoms with Gasteiger partial charge in [-0.3, -0.25) is 0 Å². The van der Waals surface area contributed by atoms with Crippen LogP contribution in [-0.4, -0.2) is 24.4 Å². The third-order valence-electron chi connectivity index (χ3n) is 3.62. The molecule has 0 saturated carbocycles. The number of fused-ring (bicyclic) bond motifs is 2. The summed E-state index contributed by atoms with van der Waals surface area (Å²) in [5.74, 6) is 0. The molecule has 0 spiro atoms. The first-order chi connectivity index (χ1) is 8.25. The van der Waals surface area contributed by atoms with E-state index in [0.717, 1.165) is 12.8 Å². The lowest BCUT2D eigenvalue weighted by Gasteiger charge is -2.29. The van der Waals surface area contributed by atoms with E-state index in [-0.39, 0.29) is 24.2 Å². The van der Waals surface area contributed by atoms with Crippen LogP contribution < -0.4 is 0 Å². The van der Waals surface area contributed by atoms with Crippen molar-refractivity contribution in [2.75, 3.05) is 6.61 Å². The first-order valence-corrected chi connectivity index (χ1v) is 6.01. The molecule has 2 saturated heterocycles. The van der Waals surface area contributed by atoms with Crippen LogP contribution in [-0.2, 0) is 15.9 Å². The first-order valence-electron chi connectivity index (χ1n) is 6.58. The van der Waals surface area contributed by atoms with E-state index in [0.29, 0.717) is 6.61 Å². The highest BCUT2D eigenvalue weighted by Gasteiger charge is 2.51. The summed E-state index contributed by atoms with van der Waals surface area (Å²) in [7, 11) is 0. The minimum absolute atomic E-state index is 0.0462. The fourth-order valence-corrected chi connectivity index (χ4v) is 2.60. The van der Waals surface area contributed by atoms with Crippen LogP contribution in [0, 0.1) is 0 Å². The van der Waals surface area contributed by atoms with Crippen LogP contribution in [0.15, 0.2) is 30.3 Å². The third kappa shape index (κ3) is 1.66. The van der Waals surface area contributed by atoms with E-state index in [2.05, 4.69) is 19.1 Å². The summed E-state index contributed by atoms with van der Waals surface area (Å²) in [5, 5.41) is 0. The molecule has 2 heteroatoms. The summed E-state index contributed by atoms with van der Waals surface area (Å²) in [6.45, 7) is 2.67. The van der Waals surface area contributed by atoms with Crippen molar-refractivity contribution in [1.82, 2.24) is 0 Å². The van der Waals surface area contributed by atoms with Gasteiger partial charge >= 0.3 is 0 Å². The van der Waals surface area contributed by atoms with Gasteiger partial charge in [-0.15, -0.1) is 0 Å². The lowest BCUT2D eigenvalue weighted by molar-refractivity contribution is -0.142. The smallest absolute Gasteiger partial charge is 0.0943 e. The summed E-state index contributed by atoms with van der Waals surface area (Å²) < 4.78 is 20.0. The highest BCUT2D eigenvalue weighted by Crippen LogP contribution is 2.42. The van der Waals surface area contributed by atoms with Gasteiger partial charge in [0.1, 0.15) is 0 Å². The summed E-state index contributed by atoms with van der Waals surface area (Å²) in [4.78, 5) is 0. The molecule has 2 nitrogen and oxygen atoms in total. The number of ether oxygens (including phenoxy) is 2. The van der Waals surface area contributed by atoms with Crippen molar-refractivity contribution in [3.8, 4) is 0 Å². The Balaban J connectivity index is 1.75. The van der Waals surface area contributed by atoms with E-state index in [4.69, 9.17) is 10.8 Å². The molecule has 0 radical (unpaired) electrons. The number of rotatable bonds is 3. The second kappa shape index (κ2) is 3.86. The van der Waals surface area contributed by atoms with E-state index < -0.39 is 0 Å². The minimum atomic E-state index is -0.343. The van der Waals surface area contributed by atoms with E-state index in [9.17, 15) is 0 Å². The molecule has 2 heterocycles. The van der Waals surface area contributed by atoms with Gasteiger partial charge in [0, 0.05) is 14.2 Å². The molecule has 2 bridgehead atoms. The van der Waals surface area contributed by atoms with Crippen LogP contribution >= 0.6 is 0 Å². The molecule has 1 aromatic rings. The maximum Gasteiger partial charge on any atom is 0.0943 e. The van der Waals surface area contributed by atoms with E-state index in [1.807, 2.05) is 18.2 Å². The molecule has 4 atom stereocenters. The van der Waals surface area contributed by atoms with E-state index in [1.165, 1.54) is 5.56 Å². The van der Waals surface area contributed by atoms with Crippen molar-refractivity contribution in [1.29, 1.82) is 0 Å². The highest BCUT2D eigenvalue weighted by atomic mass is 16.6. The maximum atomic E-state index is 8.20. The van der Waals surface area contributed by atoms with Crippen molar-refractivity contribution >= 4 is 0 Å². The molecule has 0 amide bonds. The maximum absolute atomic E-state index is 8.20. The van der Waals surface area contributed by atoms with Gasteiger partial charge in [-0.25, -0.2) is 0 Å². The molecule has 2 fully saturated rings. The van der Waals surface area contributed by atoms with Crippen LogP contribution in [0.4, 0.5) is 0 Å². The quantitative estimate of drug-likeness (QED) is 0.778. The minimum Gasteiger partial charge on any atom is -0.372 e. The average Bonchev–Trinajstić information content (AvgIpc) is 2.82. The zero-order valence-corrected chi connectivity index (χ0v) is 9.56. The molecule has 86 valence electrons. The number of hydrogen-bond acceptors (Lipinski definition) is 2. The Morgan fingerprint density at radius 3 is 2.94 bits per heavy atom. The van der Waals surface area contributed by atoms with Crippen LogP contribution in [0.2, 0.25) is 0 Å². The molecule has 2 aliphatic heterocycles. The van der Waals surface area contributed by atoms with Crippen LogP contribution in [0.1, 0.15) is 26.7 Å². The largest absolute Gasteiger partial charge is 0.372 e. The molecule has 0 aliphatic carbocycles. The predicted octanol–water partition coefficient (Wildman–Crippen LogP) is 2.57. The fraction of sp³-hybridized carbons (Fsp3) is 0.571. The lowest BCUT2D eigenvalue weighted by Crippen LogP contribution is -2.37. The van der Waals surface area contributed by atoms with E-state index in [1.54, 1.807) is 0 Å². The number of benzene rings is 1. The Labute approximate surface area is 98.0 Å². The molecule has 0 aromatic heterocycles. The Morgan fingerprint density at radius 2 is 2.25 bits per heavy atom. The topological polar surface area (TPSA) is 18.5 Å². The van der Waals surface area contributed by atoms with E-state index >= 15 is 0 Å². The van der Waals surface area contributed by atoms with Gasteiger partial charge in [0.25, 0.3) is 0 Å². The zero-order chi connectivity index (χ0) is 11.9. The van der Waals surface area contributed by atoms with Gasteiger partial charge in [-0.2, -0.15) is 0 Å². The second-order valence-corrected chi connectivity index (χ2v) is 4.71. The summed E-state index contributed by atoms with van der Waals surface area (Å²) in [6.07, 6.45) is 1.50. The number of hydrogen-bond donors (Lipinski definition) is 0. The summed E-state index contributed by atoms with van der Waals surface area (Å²) in [6, 6.07) is 10.3. The second-order valence-electron chi connectivity index (χ2n) is 4.71. The molecule has 3 rings (SSSR count). The monoisotopic (exact) mass is 219 g/mol. The van der Waals surface area contributed by atoms with Crippen molar-refractivity contribution in [3.63, 3.8) is 0 Å². The summed E-state index contributed by atoms with van der Waals surface area (Å²) in [5.41, 5.74) is 0.913. The Morgan fingerprint density at radius 1 is 1.44 bits per heavy atom. The third-order valence-corrected chi connectivity index (χ3v) is 3.62. The summed E-state index contributed by atoms with van der Waals surface area (Å²) >= 11 is 0. The lowest BCUT2D eigenvalue weighted by atomic mass is 9.98. The normalized spacial score (nSPS) is 42.3. The van der Waals surface area contributed by atoms with Gasteiger partial charge in [0.2, 0.25) is 0 Å². The Bertz CT molecular complexity index is 394. The van der Waals surface area contributed by atoms with Gasteiger partial charge in [-0.05, 0) is 12.0 Å². The molecule has 16 heavy (non-hydrogen) atoms. The fourth-order valence-electron chi connectivity index (χ4n) is 2.60. The van der Waals surface area contributed by atoms with Gasteiger partial charge in [-0.1, -0.05) is 37.3 Å². The highest BCUT2D eigenvalue weighted by molar-refractivity contribution is 5.17. The molecule has 1 aromatic carbocycles. The van der Waals surface area contributed by atoms with Crippen molar-refractivity contribution in [2.24, 2.45) is 0 Å². The molecular formula is C14H18O2.